The molecule has 1 saturated heterocycles. The van der Waals surface area contributed by atoms with Crippen LogP contribution in [-0.4, -0.2) is 31.1 Å². The summed E-state index contributed by atoms with van der Waals surface area (Å²) in [5, 5.41) is 5.78. The van der Waals surface area contributed by atoms with Crippen LogP contribution in [0, 0.1) is 11.8 Å². The summed E-state index contributed by atoms with van der Waals surface area (Å²) >= 11 is 1.84. The normalized spacial score (nSPS) is 27.3. The van der Waals surface area contributed by atoms with Crippen molar-refractivity contribution in [2.45, 2.75) is 33.2 Å². The van der Waals surface area contributed by atoms with Gasteiger partial charge in [-0.2, -0.15) is 0 Å². The first kappa shape index (κ1) is 14.0. The molecule has 1 aliphatic heterocycles. The summed E-state index contributed by atoms with van der Waals surface area (Å²) in [6, 6.07) is 4.84. The molecule has 1 aromatic rings. The number of rotatable bonds is 5. The van der Waals surface area contributed by atoms with Crippen LogP contribution in [0.5, 0.6) is 0 Å². The third-order valence-electron chi connectivity index (χ3n) is 4.27. The van der Waals surface area contributed by atoms with E-state index < -0.39 is 0 Å². The first-order valence-electron chi connectivity index (χ1n) is 7.16. The average molecular weight is 266 g/mol. The number of nitrogens with one attached hydrogen (secondary N) is 1. The highest BCUT2D eigenvalue weighted by atomic mass is 32.1. The van der Waals surface area contributed by atoms with Gasteiger partial charge < -0.3 is 10.2 Å². The number of thiophene rings is 1. The van der Waals surface area contributed by atoms with E-state index in [0.717, 1.165) is 18.4 Å². The highest BCUT2D eigenvalue weighted by Gasteiger charge is 2.22. The monoisotopic (exact) mass is 266 g/mol. The van der Waals surface area contributed by atoms with Gasteiger partial charge in [0.25, 0.3) is 0 Å². The molecule has 1 N–H and O–H groups in total. The minimum absolute atomic E-state index is 0.492. The zero-order valence-corrected chi connectivity index (χ0v) is 12.7. The Morgan fingerprint density at radius 1 is 1.44 bits per heavy atom. The van der Waals surface area contributed by atoms with Crippen LogP contribution in [0.1, 0.15) is 38.1 Å². The summed E-state index contributed by atoms with van der Waals surface area (Å²) < 4.78 is 0. The van der Waals surface area contributed by atoms with Crippen molar-refractivity contribution in [3.63, 3.8) is 0 Å². The lowest BCUT2D eigenvalue weighted by atomic mass is 9.89. The van der Waals surface area contributed by atoms with Gasteiger partial charge in [-0.3, -0.25) is 0 Å². The smallest absolute Gasteiger partial charge is 0.0386 e. The molecule has 18 heavy (non-hydrogen) atoms. The van der Waals surface area contributed by atoms with Crippen LogP contribution in [0.15, 0.2) is 17.5 Å². The van der Waals surface area contributed by atoms with E-state index in [0.29, 0.717) is 6.04 Å². The molecule has 0 spiro atoms. The molecule has 0 bridgehead atoms. The molecule has 0 aromatic carbocycles. The summed E-state index contributed by atoms with van der Waals surface area (Å²) in [6.07, 6.45) is 1.36. The molecule has 3 unspecified atom stereocenters. The molecule has 0 amide bonds. The molecule has 2 rings (SSSR count). The number of piperidine rings is 1. The standard InChI is InChI=1S/C15H26N2S/c1-12-6-8-17(11-13(12)2)9-7-16-14(3)15-5-4-10-18-15/h4-5,10,12-14,16H,6-9,11H2,1-3H3. The SMILES string of the molecule is CC(NCCN1CCC(C)C(C)C1)c1cccs1. The van der Waals surface area contributed by atoms with Gasteiger partial charge in [0.15, 0.2) is 0 Å². The van der Waals surface area contributed by atoms with Crippen molar-refractivity contribution in [3.05, 3.63) is 22.4 Å². The largest absolute Gasteiger partial charge is 0.308 e. The van der Waals surface area contributed by atoms with Gasteiger partial charge in [0.1, 0.15) is 0 Å². The predicted octanol–water partition coefficient (Wildman–Crippen LogP) is 3.38. The first-order valence-corrected chi connectivity index (χ1v) is 8.04. The molecule has 1 fully saturated rings. The van der Waals surface area contributed by atoms with E-state index in [2.05, 4.69) is 48.5 Å². The molecule has 1 aliphatic rings. The Balaban J connectivity index is 1.66. The highest BCUT2D eigenvalue weighted by Crippen LogP contribution is 2.22. The van der Waals surface area contributed by atoms with E-state index in [9.17, 15) is 0 Å². The third kappa shape index (κ3) is 3.81. The van der Waals surface area contributed by atoms with Gasteiger partial charge in [-0.05, 0) is 43.2 Å². The van der Waals surface area contributed by atoms with E-state index in [-0.39, 0.29) is 0 Å². The summed E-state index contributed by atoms with van der Waals surface area (Å²) in [4.78, 5) is 4.05. The van der Waals surface area contributed by atoms with Gasteiger partial charge in [0.2, 0.25) is 0 Å². The van der Waals surface area contributed by atoms with Gasteiger partial charge in [0, 0.05) is 30.6 Å². The molecule has 0 radical (unpaired) electrons. The lowest BCUT2D eigenvalue weighted by molar-refractivity contribution is 0.138. The zero-order valence-electron chi connectivity index (χ0n) is 11.9. The topological polar surface area (TPSA) is 15.3 Å². The van der Waals surface area contributed by atoms with E-state index in [1.54, 1.807) is 0 Å². The van der Waals surface area contributed by atoms with Gasteiger partial charge in [-0.1, -0.05) is 19.9 Å². The van der Waals surface area contributed by atoms with Crippen LogP contribution < -0.4 is 5.32 Å². The van der Waals surface area contributed by atoms with Crippen molar-refractivity contribution >= 4 is 11.3 Å². The van der Waals surface area contributed by atoms with Crippen molar-refractivity contribution in [3.8, 4) is 0 Å². The van der Waals surface area contributed by atoms with Crippen LogP contribution >= 0.6 is 11.3 Å². The van der Waals surface area contributed by atoms with Gasteiger partial charge >= 0.3 is 0 Å². The van der Waals surface area contributed by atoms with Gasteiger partial charge in [0.05, 0.1) is 0 Å². The van der Waals surface area contributed by atoms with Crippen molar-refractivity contribution in [2.24, 2.45) is 11.8 Å². The summed E-state index contributed by atoms with van der Waals surface area (Å²) in [6.45, 7) is 11.9. The first-order chi connectivity index (χ1) is 8.66. The molecule has 3 atom stereocenters. The van der Waals surface area contributed by atoms with Gasteiger partial charge in [-0.15, -0.1) is 11.3 Å². The summed E-state index contributed by atoms with van der Waals surface area (Å²) in [7, 11) is 0. The maximum absolute atomic E-state index is 3.63. The predicted molar refractivity (Wildman–Crippen MR) is 80.1 cm³/mol. The Kier molecular flexibility index (Phi) is 5.22. The molecule has 0 saturated carbocycles. The Morgan fingerprint density at radius 2 is 2.28 bits per heavy atom. The van der Waals surface area contributed by atoms with E-state index >= 15 is 0 Å². The molecule has 2 nitrogen and oxygen atoms in total. The number of nitrogens with zero attached hydrogens (tertiary/aromatic N) is 1. The Morgan fingerprint density at radius 3 is 2.94 bits per heavy atom. The molecular formula is C15H26N2S. The van der Waals surface area contributed by atoms with Gasteiger partial charge in [-0.25, -0.2) is 0 Å². The number of likely N-dealkylation sites (tertiary alicyclic amines) is 1. The maximum atomic E-state index is 3.63. The second-order valence-corrected chi connectivity index (χ2v) is 6.71. The number of hydrogen-bond donors (Lipinski definition) is 1. The van der Waals surface area contributed by atoms with E-state index in [4.69, 9.17) is 0 Å². The fourth-order valence-corrected chi connectivity index (χ4v) is 3.39. The van der Waals surface area contributed by atoms with Crippen LogP contribution in [0.3, 0.4) is 0 Å². The number of hydrogen-bond acceptors (Lipinski definition) is 3. The molecule has 3 heteroatoms. The lowest BCUT2D eigenvalue weighted by Gasteiger charge is -2.35. The Hall–Kier alpha value is -0.380. The maximum Gasteiger partial charge on any atom is 0.0386 e. The lowest BCUT2D eigenvalue weighted by Crippen LogP contribution is -2.41. The molecular weight excluding hydrogens is 240 g/mol. The third-order valence-corrected chi connectivity index (χ3v) is 5.32. The Bertz CT molecular complexity index is 336. The molecule has 102 valence electrons. The van der Waals surface area contributed by atoms with Crippen LogP contribution in [0.4, 0.5) is 0 Å². The van der Waals surface area contributed by atoms with Crippen LogP contribution in [-0.2, 0) is 0 Å². The quantitative estimate of drug-likeness (QED) is 0.879. The van der Waals surface area contributed by atoms with E-state index in [1.165, 1.54) is 30.9 Å². The fraction of sp³-hybridized carbons (Fsp3) is 0.733. The minimum atomic E-state index is 0.492. The summed E-state index contributed by atoms with van der Waals surface area (Å²) in [5.74, 6) is 1.76. The van der Waals surface area contributed by atoms with Crippen molar-refractivity contribution in [1.82, 2.24) is 10.2 Å². The second-order valence-electron chi connectivity index (χ2n) is 5.74. The second kappa shape index (κ2) is 6.69. The Labute approximate surface area is 115 Å². The van der Waals surface area contributed by atoms with Crippen molar-refractivity contribution in [1.29, 1.82) is 0 Å². The van der Waals surface area contributed by atoms with E-state index in [1.807, 2.05) is 11.3 Å². The molecule has 1 aromatic heterocycles. The summed E-state index contributed by atoms with van der Waals surface area (Å²) in [5.41, 5.74) is 0. The van der Waals surface area contributed by atoms with Crippen LogP contribution in [0.25, 0.3) is 0 Å². The zero-order chi connectivity index (χ0) is 13.0. The molecule has 2 heterocycles. The van der Waals surface area contributed by atoms with Crippen molar-refractivity contribution < 1.29 is 0 Å². The minimum Gasteiger partial charge on any atom is -0.308 e. The van der Waals surface area contributed by atoms with Crippen molar-refractivity contribution in [2.75, 3.05) is 26.2 Å². The van der Waals surface area contributed by atoms with Crippen LogP contribution in [0.2, 0.25) is 0 Å². The molecule has 0 aliphatic carbocycles. The average Bonchev–Trinajstić information content (AvgIpc) is 2.87. The fourth-order valence-electron chi connectivity index (χ4n) is 2.63. The highest BCUT2D eigenvalue weighted by molar-refractivity contribution is 7.10.